The van der Waals surface area contributed by atoms with Crippen LogP contribution in [0.3, 0.4) is 0 Å². The molecule has 2 heterocycles. The van der Waals surface area contributed by atoms with Gasteiger partial charge in [-0.3, -0.25) is 9.48 Å². The van der Waals surface area contributed by atoms with Gasteiger partial charge in [0.25, 0.3) is 11.8 Å². The summed E-state index contributed by atoms with van der Waals surface area (Å²) in [6.07, 6.45) is 6.60. The number of anilines is 1. The van der Waals surface area contributed by atoms with Crippen molar-refractivity contribution in [3.05, 3.63) is 47.9 Å². The molecule has 1 aliphatic carbocycles. The van der Waals surface area contributed by atoms with Crippen molar-refractivity contribution in [3.8, 4) is 5.75 Å². The van der Waals surface area contributed by atoms with E-state index in [9.17, 15) is 13.6 Å². The molecule has 0 unspecified atom stereocenters. The van der Waals surface area contributed by atoms with Crippen molar-refractivity contribution in [3.63, 3.8) is 0 Å². The minimum atomic E-state index is -3.13. The molecule has 6 nitrogen and oxygen atoms in total. The van der Waals surface area contributed by atoms with Crippen LogP contribution < -0.4 is 10.1 Å². The van der Waals surface area contributed by atoms with Gasteiger partial charge < -0.3 is 10.1 Å². The molecule has 33 heavy (non-hydrogen) atoms. The van der Waals surface area contributed by atoms with Crippen molar-refractivity contribution >= 4 is 22.5 Å². The third-order valence-corrected chi connectivity index (χ3v) is 6.58. The number of hydrogen-bond acceptors (Lipinski definition) is 4. The molecule has 0 saturated heterocycles. The predicted molar refractivity (Wildman–Crippen MR) is 124 cm³/mol. The Balaban J connectivity index is 1.56. The number of amides is 1. The second kappa shape index (κ2) is 9.08. The van der Waals surface area contributed by atoms with Gasteiger partial charge in [0.05, 0.1) is 24.4 Å². The molecule has 0 spiro atoms. The highest BCUT2D eigenvalue weighted by Gasteiger charge is 2.27. The zero-order valence-electron chi connectivity index (χ0n) is 19.4. The summed E-state index contributed by atoms with van der Waals surface area (Å²) in [6, 6.07) is 7.94. The Morgan fingerprint density at radius 3 is 2.58 bits per heavy atom. The van der Waals surface area contributed by atoms with Gasteiger partial charge in [0.15, 0.2) is 0 Å². The van der Waals surface area contributed by atoms with Crippen molar-refractivity contribution in [1.82, 2.24) is 14.8 Å². The molecule has 0 aliphatic heterocycles. The van der Waals surface area contributed by atoms with E-state index >= 15 is 0 Å². The number of nitrogens with zero attached hydrogens (tertiary/aromatic N) is 3. The number of alkyl halides is 2. The van der Waals surface area contributed by atoms with Crippen molar-refractivity contribution in [2.45, 2.75) is 58.4 Å². The number of pyridine rings is 1. The summed E-state index contributed by atoms with van der Waals surface area (Å²) in [5, 5.41) is 8.38. The number of halogens is 2. The van der Waals surface area contributed by atoms with E-state index < -0.39 is 17.5 Å². The maximum Gasteiger partial charge on any atom is 0.287 e. The van der Waals surface area contributed by atoms with Gasteiger partial charge in [-0.15, -0.1) is 0 Å². The maximum absolute atomic E-state index is 13.6. The van der Waals surface area contributed by atoms with Gasteiger partial charge in [0.1, 0.15) is 17.1 Å². The Morgan fingerprint density at radius 1 is 1.21 bits per heavy atom. The molecule has 1 amide bonds. The molecular formula is C25H30F2N4O2. The molecule has 0 atom stereocenters. The number of rotatable bonds is 6. The van der Waals surface area contributed by atoms with E-state index in [0.717, 1.165) is 36.6 Å². The van der Waals surface area contributed by atoms with Crippen LogP contribution in [-0.2, 0) is 5.92 Å². The summed E-state index contributed by atoms with van der Waals surface area (Å²) in [7, 11) is 1.51. The third-order valence-electron chi connectivity index (χ3n) is 6.58. The van der Waals surface area contributed by atoms with E-state index in [-0.39, 0.29) is 5.69 Å². The van der Waals surface area contributed by atoms with E-state index in [2.05, 4.69) is 24.1 Å². The molecule has 2 aromatic heterocycles. The molecule has 1 aliphatic rings. The van der Waals surface area contributed by atoms with Gasteiger partial charge in [-0.25, -0.2) is 4.98 Å². The number of ether oxygens (including phenoxy) is 1. The first kappa shape index (κ1) is 23.1. The van der Waals surface area contributed by atoms with Crippen LogP contribution in [0.1, 0.15) is 68.7 Å². The minimum Gasteiger partial charge on any atom is -0.494 e. The van der Waals surface area contributed by atoms with Crippen LogP contribution in [0, 0.1) is 11.8 Å². The van der Waals surface area contributed by atoms with Crippen LogP contribution in [0.15, 0.2) is 36.5 Å². The molecule has 0 bridgehead atoms. The van der Waals surface area contributed by atoms with Crippen LogP contribution in [0.5, 0.6) is 5.75 Å². The zero-order valence-corrected chi connectivity index (χ0v) is 19.4. The number of benzene rings is 1. The normalized spacial score (nSPS) is 19.1. The van der Waals surface area contributed by atoms with E-state index in [0.29, 0.717) is 23.4 Å². The molecule has 3 aromatic rings. The van der Waals surface area contributed by atoms with Gasteiger partial charge in [0.2, 0.25) is 0 Å². The van der Waals surface area contributed by atoms with Crippen molar-refractivity contribution in [2.75, 3.05) is 12.4 Å². The maximum atomic E-state index is 13.6. The summed E-state index contributed by atoms with van der Waals surface area (Å²) < 4.78 is 34.7. The Bertz CT molecular complexity index is 1150. The number of carbonyl (C=O) groups excluding carboxylic acids is 1. The number of carbonyl (C=O) groups is 1. The molecule has 4 rings (SSSR count). The summed E-state index contributed by atoms with van der Waals surface area (Å²) in [5.74, 6) is -1.79. The highest BCUT2D eigenvalue weighted by atomic mass is 19.3. The van der Waals surface area contributed by atoms with E-state index in [1.807, 2.05) is 10.9 Å². The molecule has 0 radical (unpaired) electrons. The van der Waals surface area contributed by atoms with Crippen LogP contribution in [-0.4, -0.2) is 27.8 Å². The average Bonchev–Trinajstić information content (AvgIpc) is 3.21. The molecule has 8 heteroatoms. The van der Waals surface area contributed by atoms with Crippen molar-refractivity contribution < 1.29 is 18.3 Å². The van der Waals surface area contributed by atoms with Gasteiger partial charge >= 0.3 is 0 Å². The second-order valence-electron chi connectivity index (χ2n) is 9.28. The van der Waals surface area contributed by atoms with Gasteiger partial charge in [-0.1, -0.05) is 19.9 Å². The zero-order chi connectivity index (χ0) is 23.8. The first-order valence-electron chi connectivity index (χ1n) is 11.4. The predicted octanol–water partition coefficient (Wildman–Crippen LogP) is 6.19. The lowest BCUT2D eigenvalue weighted by molar-refractivity contribution is 0.0126. The highest BCUT2D eigenvalue weighted by molar-refractivity contribution is 6.05. The largest absolute Gasteiger partial charge is 0.494 e. The quantitative estimate of drug-likeness (QED) is 0.480. The molecule has 176 valence electrons. The van der Waals surface area contributed by atoms with Crippen LogP contribution in [0.25, 0.3) is 10.9 Å². The smallest absolute Gasteiger partial charge is 0.287 e. The standard InChI is InChI=1S/C25H30F2N4O2/c1-15(2)16-8-10-18(11-9-16)31-14-17-12-21(22(33-4)13-20(17)30-31)29-24(32)19-6-5-7-23(28-19)25(3,26)27/h5-7,12-16,18H,8-11H2,1-4H3,(H,29,32)/t16-,18-. The first-order chi connectivity index (χ1) is 15.7. The van der Waals surface area contributed by atoms with Gasteiger partial charge in [-0.2, -0.15) is 13.9 Å². The number of methoxy groups -OCH3 is 1. The molecular weight excluding hydrogens is 426 g/mol. The van der Waals surface area contributed by atoms with Crippen LogP contribution >= 0.6 is 0 Å². The molecule has 1 saturated carbocycles. The number of fused-ring (bicyclic) bond motifs is 1. The number of nitrogens with one attached hydrogen (secondary N) is 1. The van der Waals surface area contributed by atoms with E-state index in [1.54, 1.807) is 12.1 Å². The van der Waals surface area contributed by atoms with E-state index in [4.69, 9.17) is 9.84 Å². The fourth-order valence-electron chi connectivity index (χ4n) is 4.55. The SMILES string of the molecule is COc1cc2nn([C@H]3CC[C@H](C(C)C)CC3)cc2cc1NC(=O)c1cccc(C(C)(F)F)n1. The average molecular weight is 457 g/mol. The fraction of sp³-hybridized carbons (Fsp3) is 0.480. The lowest BCUT2D eigenvalue weighted by atomic mass is 9.80. The van der Waals surface area contributed by atoms with Crippen molar-refractivity contribution in [2.24, 2.45) is 11.8 Å². The molecule has 1 aromatic carbocycles. The summed E-state index contributed by atoms with van der Waals surface area (Å²) in [5.41, 5.74) is 0.676. The minimum absolute atomic E-state index is 0.0891. The summed E-state index contributed by atoms with van der Waals surface area (Å²) >= 11 is 0. The Kier molecular flexibility index (Phi) is 6.36. The van der Waals surface area contributed by atoms with Gasteiger partial charge in [0, 0.05) is 24.6 Å². The lowest BCUT2D eigenvalue weighted by Gasteiger charge is -2.30. The lowest BCUT2D eigenvalue weighted by Crippen LogP contribution is -2.21. The van der Waals surface area contributed by atoms with Crippen LogP contribution in [0.4, 0.5) is 14.5 Å². The second-order valence-corrected chi connectivity index (χ2v) is 9.28. The number of aromatic nitrogens is 3. The molecule has 1 N–H and O–H groups in total. The number of hydrogen-bond donors (Lipinski definition) is 1. The molecule has 1 fully saturated rings. The summed E-state index contributed by atoms with van der Waals surface area (Å²) in [4.78, 5) is 16.6. The Labute approximate surface area is 192 Å². The summed E-state index contributed by atoms with van der Waals surface area (Å²) in [6.45, 7) is 5.32. The monoisotopic (exact) mass is 456 g/mol. The van der Waals surface area contributed by atoms with E-state index in [1.165, 1.54) is 38.2 Å². The Hall–Kier alpha value is -3.03. The fourth-order valence-corrected chi connectivity index (χ4v) is 4.55. The van der Waals surface area contributed by atoms with Crippen LogP contribution in [0.2, 0.25) is 0 Å². The Morgan fingerprint density at radius 2 is 1.94 bits per heavy atom. The first-order valence-corrected chi connectivity index (χ1v) is 11.4. The topological polar surface area (TPSA) is 69.0 Å². The highest BCUT2D eigenvalue weighted by Crippen LogP contribution is 2.37. The van der Waals surface area contributed by atoms with Gasteiger partial charge in [-0.05, 0) is 55.7 Å². The third kappa shape index (κ3) is 4.99. The van der Waals surface area contributed by atoms with Crippen molar-refractivity contribution in [1.29, 1.82) is 0 Å².